The number of nitrogens with two attached hydrogens (primary N) is 1. The fourth-order valence-electron chi connectivity index (χ4n) is 2.63. The smallest absolute Gasteiger partial charge is 0.0596 e. The lowest BCUT2D eigenvalue weighted by Gasteiger charge is -2.30. The van der Waals surface area contributed by atoms with E-state index < -0.39 is 0 Å². The highest BCUT2D eigenvalue weighted by molar-refractivity contribution is 4.74. The molecule has 0 amide bonds. The number of hydrogen-bond donors (Lipinski definition) is 1. The van der Waals surface area contributed by atoms with Gasteiger partial charge in [0.05, 0.1) is 12.7 Å². The molecular weight excluding hydrogens is 212 g/mol. The fourth-order valence-corrected chi connectivity index (χ4v) is 2.63. The molecule has 17 heavy (non-hydrogen) atoms. The van der Waals surface area contributed by atoms with Crippen molar-refractivity contribution in [3.8, 4) is 0 Å². The summed E-state index contributed by atoms with van der Waals surface area (Å²) in [5.74, 6) is 1.67. The summed E-state index contributed by atoms with van der Waals surface area (Å²) in [5, 5.41) is 0. The van der Waals surface area contributed by atoms with Crippen LogP contribution >= 0.6 is 0 Å². The van der Waals surface area contributed by atoms with Gasteiger partial charge in [-0.25, -0.2) is 0 Å². The Balaban J connectivity index is 2.08. The average Bonchev–Trinajstić information content (AvgIpc) is 2.29. The first-order valence-electron chi connectivity index (χ1n) is 7.12. The Morgan fingerprint density at radius 2 is 1.76 bits per heavy atom. The van der Waals surface area contributed by atoms with Crippen molar-refractivity contribution in [1.29, 1.82) is 0 Å². The molecule has 0 spiro atoms. The van der Waals surface area contributed by atoms with Gasteiger partial charge < -0.3 is 15.4 Å². The molecule has 0 saturated heterocycles. The van der Waals surface area contributed by atoms with Crippen LogP contribution in [0.4, 0.5) is 0 Å². The second-order valence-corrected chi connectivity index (χ2v) is 5.80. The van der Waals surface area contributed by atoms with Gasteiger partial charge in [-0.05, 0) is 65.0 Å². The number of likely N-dealkylation sites (N-methyl/N-ethyl adjacent to an activating group) is 1. The van der Waals surface area contributed by atoms with E-state index in [1.54, 1.807) is 0 Å². The van der Waals surface area contributed by atoms with Crippen LogP contribution in [-0.2, 0) is 4.74 Å². The molecule has 0 aromatic heterocycles. The summed E-state index contributed by atoms with van der Waals surface area (Å²) < 4.78 is 5.58. The number of nitrogens with zero attached hydrogens (tertiary/aromatic N) is 1. The van der Waals surface area contributed by atoms with Gasteiger partial charge in [-0.1, -0.05) is 0 Å². The van der Waals surface area contributed by atoms with E-state index >= 15 is 0 Å². The summed E-state index contributed by atoms with van der Waals surface area (Å²) in [7, 11) is 2.21. The van der Waals surface area contributed by atoms with Crippen LogP contribution < -0.4 is 5.73 Å². The zero-order valence-corrected chi connectivity index (χ0v) is 11.8. The van der Waals surface area contributed by atoms with Crippen LogP contribution in [0.1, 0.15) is 39.5 Å². The van der Waals surface area contributed by atoms with E-state index in [1.807, 2.05) is 0 Å². The predicted molar refractivity (Wildman–Crippen MR) is 73.1 cm³/mol. The van der Waals surface area contributed by atoms with Gasteiger partial charge in [-0.3, -0.25) is 0 Å². The SMILES string of the molecule is CC(C)OCCN(C)CC1CCC(CN)CC1. The van der Waals surface area contributed by atoms with Crippen LogP contribution in [-0.4, -0.2) is 44.3 Å². The van der Waals surface area contributed by atoms with Gasteiger partial charge in [-0.2, -0.15) is 0 Å². The highest BCUT2D eigenvalue weighted by atomic mass is 16.5. The third-order valence-corrected chi connectivity index (χ3v) is 3.79. The number of rotatable bonds is 7. The van der Waals surface area contributed by atoms with Gasteiger partial charge in [-0.15, -0.1) is 0 Å². The van der Waals surface area contributed by atoms with Gasteiger partial charge in [0.15, 0.2) is 0 Å². The van der Waals surface area contributed by atoms with E-state index in [0.29, 0.717) is 6.10 Å². The quantitative estimate of drug-likeness (QED) is 0.743. The lowest BCUT2D eigenvalue weighted by molar-refractivity contribution is 0.0593. The molecule has 0 radical (unpaired) electrons. The summed E-state index contributed by atoms with van der Waals surface area (Å²) in [6, 6.07) is 0. The first-order chi connectivity index (χ1) is 8.11. The molecule has 1 aliphatic carbocycles. The van der Waals surface area contributed by atoms with Gasteiger partial charge >= 0.3 is 0 Å². The van der Waals surface area contributed by atoms with Crippen molar-refractivity contribution in [3.63, 3.8) is 0 Å². The maximum atomic E-state index is 5.72. The van der Waals surface area contributed by atoms with Gasteiger partial charge in [0.25, 0.3) is 0 Å². The van der Waals surface area contributed by atoms with Crippen LogP contribution in [0, 0.1) is 11.8 Å². The van der Waals surface area contributed by atoms with E-state index in [1.165, 1.54) is 32.2 Å². The largest absolute Gasteiger partial charge is 0.377 e. The number of hydrogen-bond acceptors (Lipinski definition) is 3. The van der Waals surface area contributed by atoms with Crippen LogP contribution in [0.5, 0.6) is 0 Å². The average molecular weight is 242 g/mol. The zero-order valence-electron chi connectivity index (χ0n) is 11.8. The minimum absolute atomic E-state index is 0.350. The summed E-state index contributed by atoms with van der Waals surface area (Å²) >= 11 is 0. The Morgan fingerprint density at radius 1 is 1.18 bits per heavy atom. The maximum Gasteiger partial charge on any atom is 0.0596 e. The minimum atomic E-state index is 0.350. The van der Waals surface area contributed by atoms with Crippen molar-refractivity contribution >= 4 is 0 Å². The van der Waals surface area contributed by atoms with E-state index in [4.69, 9.17) is 10.5 Å². The summed E-state index contributed by atoms with van der Waals surface area (Å²) in [4.78, 5) is 2.41. The van der Waals surface area contributed by atoms with Crippen molar-refractivity contribution in [1.82, 2.24) is 4.90 Å². The van der Waals surface area contributed by atoms with Gasteiger partial charge in [0.1, 0.15) is 0 Å². The summed E-state index contributed by atoms with van der Waals surface area (Å²) in [6.45, 7) is 8.19. The van der Waals surface area contributed by atoms with Crippen molar-refractivity contribution < 1.29 is 4.74 Å². The molecule has 0 bridgehead atoms. The van der Waals surface area contributed by atoms with E-state index in [-0.39, 0.29) is 0 Å². The molecule has 0 aromatic rings. The van der Waals surface area contributed by atoms with Crippen molar-refractivity contribution in [2.75, 3.05) is 33.3 Å². The second-order valence-electron chi connectivity index (χ2n) is 5.80. The molecule has 3 nitrogen and oxygen atoms in total. The lowest BCUT2D eigenvalue weighted by atomic mass is 9.82. The normalized spacial score (nSPS) is 25.8. The van der Waals surface area contributed by atoms with Crippen molar-refractivity contribution in [3.05, 3.63) is 0 Å². The Morgan fingerprint density at radius 3 is 2.29 bits per heavy atom. The topological polar surface area (TPSA) is 38.5 Å². The molecule has 2 N–H and O–H groups in total. The highest BCUT2D eigenvalue weighted by Crippen LogP contribution is 2.28. The standard InChI is InChI=1S/C14H30N2O/c1-12(2)17-9-8-16(3)11-14-6-4-13(10-15)5-7-14/h12-14H,4-11,15H2,1-3H3. The minimum Gasteiger partial charge on any atom is -0.377 e. The Bertz CT molecular complexity index is 189. The molecule has 1 fully saturated rings. The molecule has 1 rings (SSSR count). The monoisotopic (exact) mass is 242 g/mol. The molecule has 0 aliphatic heterocycles. The molecule has 0 aromatic carbocycles. The first-order valence-corrected chi connectivity index (χ1v) is 7.12. The molecule has 0 unspecified atom stereocenters. The first kappa shape index (κ1) is 14.9. The van der Waals surface area contributed by atoms with Crippen molar-refractivity contribution in [2.45, 2.75) is 45.6 Å². The summed E-state index contributed by atoms with van der Waals surface area (Å²) in [6.07, 6.45) is 5.73. The lowest BCUT2D eigenvalue weighted by Crippen LogP contribution is -2.32. The molecular formula is C14H30N2O. The van der Waals surface area contributed by atoms with Crippen LogP contribution in [0.25, 0.3) is 0 Å². The van der Waals surface area contributed by atoms with E-state index in [9.17, 15) is 0 Å². The third kappa shape index (κ3) is 6.39. The van der Waals surface area contributed by atoms with E-state index in [0.717, 1.165) is 31.5 Å². The zero-order chi connectivity index (χ0) is 12.7. The second kappa shape index (κ2) is 8.06. The highest BCUT2D eigenvalue weighted by Gasteiger charge is 2.20. The molecule has 0 heterocycles. The van der Waals surface area contributed by atoms with Crippen LogP contribution in [0.3, 0.4) is 0 Å². The number of ether oxygens (including phenoxy) is 1. The molecule has 0 atom stereocenters. The van der Waals surface area contributed by atoms with E-state index in [2.05, 4.69) is 25.8 Å². The van der Waals surface area contributed by atoms with Crippen molar-refractivity contribution in [2.24, 2.45) is 17.6 Å². The summed E-state index contributed by atoms with van der Waals surface area (Å²) in [5.41, 5.74) is 5.72. The molecule has 102 valence electrons. The Kier molecular flexibility index (Phi) is 7.09. The third-order valence-electron chi connectivity index (χ3n) is 3.79. The molecule has 1 saturated carbocycles. The molecule has 1 aliphatic rings. The Labute approximate surface area is 107 Å². The van der Waals surface area contributed by atoms with Crippen LogP contribution in [0.15, 0.2) is 0 Å². The van der Waals surface area contributed by atoms with Crippen LogP contribution in [0.2, 0.25) is 0 Å². The fraction of sp³-hybridized carbons (Fsp3) is 1.00. The van der Waals surface area contributed by atoms with Gasteiger partial charge in [0, 0.05) is 13.1 Å². The molecule has 3 heteroatoms. The Hall–Kier alpha value is -0.120. The van der Waals surface area contributed by atoms with Gasteiger partial charge in [0.2, 0.25) is 0 Å². The maximum absolute atomic E-state index is 5.72. The predicted octanol–water partition coefficient (Wildman–Crippen LogP) is 2.11.